The summed E-state index contributed by atoms with van der Waals surface area (Å²) in [4.78, 5) is 7.15. The van der Waals surface area contributed by atoms with Gasteiger partial charge in [0.25, 0.3) is 0 Å². The molecule has 2 rings (SSSR count). The molecule has 1 aliphatic heterocycles. The molecule has 0 spiro atoms. The molecule has 1 saturated heterocycles. The van der Waals surface area contributed by atoms with E-state index in [0.717, 1.165) is 36.8 Å². The van der Waals surface area contributed by atoms with Gasteiger partial charge in [-0.2, -0.15) is 0 Å². The van der Waals surface area contributed by atoms with E-state index < -0.39 is 0 Å². The fourth-order valence-corrected chi connectivity index (χ4v) is 3.69. The van der Waals surface area contributed by atoms with Crippen molar-refractivity contribution < 1.29 is 9.84 Å². The second-order valence-electron chi connectivity index (χ2n) is 5.63. The van der Waals surface area contributed by atoms with Gasteiger partial charge >= 0.3 is 0 Å². The smallest absolute Gasteiger partial charge is 0.122 e. The minimum absolute atomic E-state index is 0.0885. The van der Waals surface area contributed by atoms with E-state index in [4.69, 9.17) is 9.72 Å². The zero-order valence-corrected chi connectivity index (χ0v) is 13.5. The number of hydrogen-bond acceptors (Lipinski definition) is 5. The van der Waals surface area contributed by atoms with Crippen LogP contribution in [0, 0.1) is 0 Å². The fourth-order valence-electron chi connectivity index (χ4n) is 2.88. The molecule has 0 bridgehead atoms. The lowest BCUT2D eigenvalue weighted by molar-refractivity contribution is 0.0759. The summed E-state index contributed by atoms with van der Waals surface area (Å²) in [6.45, 7) is 8.67. The molecule has 0 saturated carbocycles. The summed E-state index contributed by atoms with van der Waals surface area (Å²) in [6, 6.07) is 0.504. The Morgan fingerprint density at radius 1 is 1.55 bits per heavy atom. The molecule has 3 atom stereocenters. The van der Waals surface area contributed by atoms with Crippen molar-refractivity contribution in [3.63, 3.8) is 0 Å². The van der Waals surface area contributed by atoms with Gasteiger partial charge in [-0.15, -0.1) is 11.3 Å². The number of nitrogens with zero attached hydrogens (tertiary/aromatic N) is 2. The van der Waals surface area contributed by atoms with E-state index in [1.165, 1.54) is 12.8 Å². The van der Waals surface area contributed by atoms with Crippen molar-refractivity contribution in [1.82, 2.24) is 9.88 Å². The van der Waals surface area contributed by atoms with Gasteiger partial charge in [0.05, 0.1) is 11.8 Å². The summed E-state index contributed by atoms with van der Waals surface area (Å²) in [6.07, 6.45) is 3.16. The molecule has 1 N–H and O–H groups in total. The number of aromatic nitrogens is 1. The third kappa shape index (κ3) is 4.25. The van der Waals surface area contributed by atoms with Crippen molar-refractivity contribution in [2.24, 2.45) is 0 Å². The quantitative estimate of drug-likeness (QED) is 0.840. The van der Waals surface area contributed by atoms with E-state index in [2.05, 4.69) is 17.2 Å². The zero-order valence-electron chi connectivity index (χ0n) is 12.7. The van der Waals surface area contributed by atoms with Crippen molar-refractivity contribution in [3.05, 3.63) is 16.1 Å². The lowest BCUT2D eigenvalue weighted by atomic mass is 10.1. The standard InChI is InChI=1S/C15H26N2O2S/c1-4-19-12(3)15-16-13(10-20-15)9-17-7-5-6-14(17)8-11(2)18/h10-12,14,18H,4-9H2,1-3H3. The highest BCUT2D eigenvalue weighted by Gasteiger charge is 2.26. The monoisotopic (exact) mass is 298 g/mol. The Labute approximate surface area is 125 Å². The van der Waals surface area contributed by atoms with E-state index in [1.54, 1.807) is 11.3 Å². The fraction of sp³-hybridized carbons (Fsp3) is 0.800. The van der Waals surface area contributed by atoms with Crippen LogP contribution in [0.5, 0.6) is 0 Å². The molecular formula is C15H26N2O2S. The van der Waals surface area contributed by atoms with Gasteiger partial charge in [-0.1, -0.05) is 0 Å². The predicted octanol–water partition coefficient (Wildman–Crippen LogP) is 2.98. The summed E-state index contributed by atoms with van der Waals surface area (Å²) in [5.41, 5.74) is 1.13. The summed E-state index contributed by atoms with van der Waals surface area (Å²) in [5.74, 6) is 0. The SMILES string of the molecule is CCOC(C)c1nc(CN2CCCC2CC(C)O)cs1. The van der Waals surface area contributed by atoms with Crippen molar-refractivity contribution in [2.75, 3.05) is 13.2 Å². The van der Waals surface area contributed by atoms with E-state index in [0.29, 0.717) is 6.04 Å². The summed E-state index contributed by atoms with van der Waals surface area (Å²) in [5, 5.41) is 12.8. The molecule has 0 radical (unpaired) electrons. The van der Waals surface area contributed by atoms with Crippen molar-refractivity contribution in [1.29, 1.82) is 0 Å². The average Bonchev–Trinajstić information content (AvgIpc) is 3.00. The van der Waals surface area contributed by atoms with Crippen molar-refractivity contribution in [3.8, 4) is 0 Å². The molecule has 5 heteroatoms. The van der Waals surface area contributed by atoms with Gasteiger partial charge in [0.1, 0.15) is 11.1 Å². The highest BCUT2D eigenvalue weighted by molar-refractivity contribution is 7.09. The molecule has 1 aromatic rings. The third-order valence-electron chi connectivity index (χ3n) is 3.81. The second kappa shape index (κ2) is 7.50. The number of hydrogen-bond donors (Lipinski definition) is 1. The number of aliphatic hydroxyl groups is 1. The molecule has 0 aromatic carbocycles. The van der Waals surface area contributed by atoms with Gasteiger partial charge in [0, 0.05) is 24.6 Å². The minimum atomic E-state index is -0.218. The van der Waals surface area contributed by atoms with Crippen LogP contribution in [0.15, 0.2) is 5.38 Å². The van der Waals surface area contributed by atoms with Crippen molar-refractivity contribution in [2.45, 2.75) is 64.8 Å². The number of likely N-dealkylation sites (tertiary alicyclic amines) is 1. The Bertz CT molecular complexity index is 408. The molecule has 114 valence electrons. The highest BCUT2D eigenvalue weighted by atomic mass is 32.1. The Morgan fingerprint density at radius 2 is 2.35 bits per heavy atom. The molecule has 1 fully saturated rings. The highest BCUT2D eigenvalue weighted by Crippen LogP contribution is 2.26. The van der Waals surface area contributed by atoms with Crippen LogP contribution < -0.4 is 0 Å². The average molecular weight is 298 g/mol. The lowest BCUT2D eigenvalue weighted by Gasteiger charge is -2.24. The van der Waals surface area contributed by atoms with Crippen LogP contribution >= 0.6 is 11.3 Å². The molecule has 2 heterocycles. The molecule has 0 amide bonds. The van der Waals surface area contributed by atoms with Gasteiger partial charge in [0.15, 0.2) is 0 Å². The van der Waals surface area contributed by atoms with Crippen LogP contribution in [-0.2, 0) is 11.3 Å². The summed E-state index contributed by atoms with van der Waals surface area (Å²) >= 11 is 1.68. The van der Waals surface area contributed by atoms with Crippen LogP contribution in [0.4, 0.5) is 0 Å². The first-order chi connectivity index (χ1) is 9.60. The molecule has 4 nitrogen and oxygen atoms in total. The maximum atomic E-state index is 9.58. The predicted molar refractivity (Wildman–Crippen MR) is 81.9 cm³/mol. The Hall–Kier alpha value is -0.490. The zero-order chi connectivity index (χ0) is 14.5. The van der Waals surface area contributed by atoms with Gasteiger partial charge in [-0.25, -0.2) is 4.98 Å². The van der Waals surface area contributed by atoms with Crippen LogP contribution in [0.1, 0.15) is 56.8 Å². The summed E-state index contributed by atoms with van der Waals surface area (Å²) < 4.78 is 5.59. The minimum Gasteiger partial charge on any atom is -0.393 e. The van der Waals surface area contributed by atoms with Crippen LogP contribution in [0.3, 0.4) is 0 Å². The first-order valence-electron chi connectivity index (χ1n) is 7.58. The number of thiazole rings is 1. The van der Waals surface area contributed by atoms with Crippen molar-refractivity contribution >= 4 is 11.3 Å². The summed E-state index contributed by atoms with van der Waals surface area (Å²) in [7, 11) is 0. The van der Waals surface area contributed by atoms with Gasteiger partial charge in [-0.05, 0) is 46.6 Å². The third-order valence-corrected chi connectivity index (χ3v) is 4.87. The molecule has 1 aliphatic rings. The van der Waals surface area contributed by atoms with Crippen LogP contribution in [0.2, 0.25) is 0 Å². The van der Waals surface area contributed by atoms with Crippen LogP contribution in [0.25, 0.3) is 0 Å². The number of rotatable bonds is 7. The van der Waals surface area contributed by atoms with E-state index >= 15 is 0 Å². The number of aliphatic hydroxyl groups excluding tert-OH is 1. The maximum absolute atomic E-state index is 9.58. The van der Waals surface area contributed by atoms with E-state index in [-0.39, 0.29) is 12.2 Å². The molecule has 0 aliphatic carbocycles. The molecular weight excluding hydrogens is 272 g/mol. The first-order valence-corrected chi connectivity index (χ1v) is 8.46. The molecule has 20 heavy (non-hydrogen) atoms. The topological polar surface area (TPSA) is 45.6 Å². The lowest BCUT2D eigenvalue weighted by Crippen LogP contribution is -2.31. The Balaban J connectivity index is 1.92. The van der Waals surface area contributed by atoms with E-state index in [1.807, 2.05) is 13.8 Å². The first kappa shape index (κ1) is 15.9. The molecule has 3 unspecified atom stereocenters. The molecule has 1 aromatic heterocycles. The van der Waals surface area contributed by atoms with Gasteiger partial charge < -0.3 is 9.84 Å². The Morgan fingerprint density at radius 3 is 3.05 bits per heavy atom. The largest absolute Gasteiger partial charge is 0.393 e. The van der Waals surface area contributed by atoms with Gasteiger partial charge in [0.2, 0.25) is 0 Å². The van der Waals surface area contributed by atoms with Crippen LogP contribution in [-0.4, -0.2) is 40.3 Å². The van der Waals surface area contributed by atoms with E-state index in [9.17, 15) is 5.11 Å². The Kier molecular flexibility index (Phi) is 5.96. The second-order valence-corrected chi connectivity index (χ2v) is 6.52. The van der Waals surface area contributed by atoms with Gasteiger partial charge in [-0.3, -0.25) is 4.90 Å². The maximum Gasteiger partial charge on any atom is 0.122 e. The normalized spacial score (nSPS) is 23.1. The number of ether oxygens (including phenoxy) is 1.